The topological polar surface area (TPSA) is 42.0 Å². The lowest BCUT2D eigenvalue weighted by Gasteiger charge is -2.13. The first-order valence-corrected chi connectivity index (χ1v) is 6.60. The Kier molecular flexibility index (Phi) is 4.11. The van der Waals surface area contributed by atoms with Crippen molar-refractivity contribution in [1.82, 2.24) is 10.3 Å². The number of aromatic nitrogens is 1. The second-order valence-electron chi connectivity index (χ2n) is 3.85. The summed E-state index contributed by atoms with van der Waals surface area (Å²) < 4.78 is 26.2. The molecule has 19 heavy (non-hydrogen) atoms. The van der Waals surface area contributed by atoms with Crippen LogP contribution in [-0.2, 0) is 0 Å². The fourth-order valence-electron chi connectivity index (χ4n) is 1.49. The molecule has 0 aliphatic heterocycles. The fourth-order valence-corrected chi connectivity index (χ4v) is 2.24. The third kappa shape index (κ3) is 3.27. The molecule has 0 aliphatic carbocycles. The molecule has 1 amide bonds. The maximum Gasteiger partial charge on any atom is 0.271 e. The second kappa shape index (κ2) is 5.63. The summed E-state index contributed by atoms with van der Waals surface area (Å²) in [5.41, 5.74) is 0.665. The number of thiazole rings is 1. The molecule has 0 saturated heterocycles. The van der Waals surface area contributed by atoms with E-state index in [2.05, 4.69) is 10.3 Å². The number of carbonyl (C=O) groups excluding carboxylic acids is 1. The minimum absolute atomic E-state index is 0.199. The fraction of sp³-hybridized carbons (Fsp3) is 0.167. The highest BCUT2D eigenvalue weighted by atomic mass is 35.5. The summed E-state index contributed by atoms with van der Waals surface area (Å²) in [5.74, 6) is -2.29. The Morgan fingerprint density at radius 1 is 1.42 bits per heavy atom. The van der Waals surface area contributed by atoms with E-state index in [1.54, 1.807) is 6.92 Å². The molecule has 1 aromatic heterocycles. The van der Waals surface area contributed by atoms with Crippen LogP contribution in [0.3, 0.4) is 0 Å². The van der Waals surface area contributed by atoms with Gasteiger partial charge >= 0.3 is 0 Å². The number of amides is 1. The zero-order valence-electron chi connectivity index (χ0n) is 9.78. The minimum Gasteiger partial charge on any atom is -0.344 e. The van der Waals surface area contributed by atoms with Crippen molar-refractivity contribution in [3.8, 4) is 0 Å². The van der Waals surface area contributed by atoms with Crippen LogP contribution < -0.4 is 5.32 Å². The first-order chi connectivity index (χ1) is 8.97. The van der Waals surface area contributed by atoms with E-state index < -0.39 is 23.6 Å². The Morgan fingerprint density at radius 2 is 2.16 bits per heavy atom. The van der Waals surface area contributed by atoms with E-state index in [1.807, 2.05) is 0 Å². The van der Waals surface area contributed by atoms with E-state index >= 15 is 0 Å². The Morgan fingerprint density at radius 3 is 2.74 bits per heavy atom. The minimum atomic E-state index is -0.949. The first-order valence-electron chi connectivity index (χ1n) is 5.34. The molecule has 0 fully saturated rings. The summed E-state index contributed by atoms with van der Waals surface area (Å²) in [6.45, 7) is 1.67. The summed E-state index contributed by atoms with van der Waals surface area (Å²) in [6.07, 6.45) is 0. The molecule has 7 heteroatoms. The van der Waals surface area contributed by atoms with Crippen molar-refractivity contribution >= 4 is 28.8 Å². The number of halogens is 3. The molecule has 0 radical (unpaired) electrons. The molecule has 1 unspecified atom stereocenters. The Hall–Kier alpha value is -1.53. The van der Waals surface area contributed by atoms with Gasteiger partial charge in [0.1, 0.15) is 5.69 Å². The van der Waals surface area contributed by atoms with Gasteiger partial charge in [0, 0.05) is 5.38 Å². The van der Waals surface area contributed by atoms with Gasteiger partial charge in [0.15, 0.2) is 16.1 Å². The molecule has 2 rings (SSSR count). The van der Waals surface area contributed by atoms with Crippen molar-refractivity contribution in [3.63, 3.8) is 0 Å². The van der Waals surface area contributed by atoms with Gasteiger partial charge in [-0.2, -0.15) is 0 Å². The summed E-state index contributed by atoms with van der Waals surface area (Å²) in [6, 6.07) is 3.02. The predicted octanol–water partition coefficient (Wildman–Crippen LogP) is 3.57. The van der Waals surface area contributed by atoms with Gasteiger partial charge < -0.3 is 5.32 Å². The molecule has 0 bridgehead atoms. The monoisotopic (exact) mass is 302 g/mol. The third-order valence-corrected chi connectivity index (χ3v) is 3.48. The van der Waals surface area contributed by atoms with E-state index in [0.717, 1.165) is 23.5 Å². The molecule has 2 aromatic rings. The molecule has 1 heterocycles. The number of nitrogens with one attached hydrogen (secondary N) is 1. The van der Waals surface area contributed by atoms with E-state index in [1.165, 1.54) is 11.4 Å². The van der Waals surface area contributed by atoms with Crippen molar-refractivity contribution in [1.29, 1.82) is 0 Å². The van der Waals surface area contributed by atoms with E-state index in [0.29, 0.717) is 5.56 Å². The molecule has 0 saturated carbocycles. The molecule has 100 valence electrons. The standard InChI is InChI=1S/C12H9ClF2N2OS/c1-6(7-2-3-8(14)9(15)4-7)16-11(18)10-5-19-12(13)17-10/h2-6H,1H3,(H,16,18). The van der Waals surface area contributed by atoms with E-state index in [-0.39, 0.29) is 10.2 Å². The van der Waals surface area contributed by atoms with E-state index in [9.17, 15) is 13.6 Å². The van der Waals surface area contributed by atoms with Gasteiger partial charge in [-0.3, -0.25) is 4.79 Å². The van der Waals surface area contributed by atoms with Crippen molar-refractivity contribution in [2.75, 3.05) is 0 Å². The zero-order chi connectivity index (χ0) is 14.0. The smallest absolute Gasteiger partial charge is 0.271 e. The number of hydrogen-bond acceptors (Lipinski definition) is 3. The lowest BCUT2D eigenvalue weighted by atomic mass is 10.1. The number of nitrogens with zero attached hydrogens (tertiary/aromatic N) is 1. The van der Waals surface area contributed by atoms with Crippen molar-refractivity contribution in [3.05, 3.63) is 50.9 Å². The van der Waals surface area contributed by atoms with Crippen molar-refractivity contribution < 1.29 is 13.6 Å². The van der Waals surface area contributed by atoms with Crippen LogP contribution in [0, 0.1) is 11.6 Å². The quantitative estimate of drug-likeness (QED) is 0.942. The van der Waals surface area contributed by atoms with Gasteiger partial charge in [0.25, 0.3) is 5.91 Å². The number of hydrogen-bond donors (Lipinski definition) is 1. The highest BCUT2D eigenvalue weighted by Gasteiger charge is 2.15. The lowest BCUT2D eigenvalue weighted by molar-refractivity contribution is 0.0935. The first kappa shape index (κ1) is 13.9. The van der Waals surface area contributed by atoms with Crippen LogP contribution in [0.5, 0.6) is 0 Å². The lowest BCUT2D eigenvalue weighted by Crippen LogP contribution is -2.27. The third-order valence-electron chi connectivity index (χ3n) is 2.50. The molecule has 0 aliphatic rings. The van der Waals surface area contributed by atoms with E-state index in [4.69, 9.17) is 11.6 Å². The molecule has 3 nitrogen and oxygen atoms in total. The van der Waals surface area contributed by atoms with Crippen molar-refractivity contribution in [2.24, 2.45) is 0 Å². The summed E-state index contributed by atoms with van der Waals surface area (Å²) in [4.78, 5) is 15.6. The number of carbonyl (C=O) groups is 1. The molecule has 1 atom stereocenters. The van der Waals surface area contributed by atoms with Crippen LogP contribution in [0.1, 0.15) is 29.0 Å². The Bertz CT molecular complexity index is 618. The van der Waals surface area contributed by atoms with Crippen molar-refractivity contribution in [2.45, 2.75) is 13.0 Å². The van der Waals surface area contributed by atoms with Crippen LogP contribution in [0.25, 0.3) is 0 Å². The maximum absolute atomic E-state index is 13.1. The highest BCUT2D eigenvalue weighted by Crippen LogP contribution is 2.18. The van der Waals surface area contributed by atoms with Crippen LogP contribution in [-0.4, -0.2) is 10.9 Å². The largest absolute Gasteiger partial charge is 0.344 e. The molecule has 1 N–H and O–H groups in total. The van der Waals surface area contributed by atoms with Gasteiger partial charge in [-0.05, 0) is 24.6 Å². The summed E-state index contributed by atoms with van der Waals surface area (Å²) in [7, 11) is 0. The molecule has 1 aromatic carbocycles. The Balaban J connectivity index is 2.10. The van der Waals surface area contributed by atoms with Gasteiger partial charge in [0.2, 0.25) is 0 Å². The zero-order valence-corrected chi connectivity index (χ0v) is 11.4. The predicted molar refractivity (Wildman–Crippen MR) is 69.4 cm³/mol. The van der Waals surface area contributed by atoms with Gasteiger partial charge in [0.05, 0.1) is 6.04 Å². The second-order valence-corrected chi connectivity index (χ2v) is 5.29. The highest BCUT2D eigenvalue weighted by molar-refractivity contribution is 7.14. The van der Waals surface area contributed by atoms with Gasteiger partial charge in [-0.15, -0.1) is 11.3 Å². The van der Waals surface area contributed by atoms with Crippen LogP contribution in [0.2, 0.25) is 4.47 Å². The number of benzene rings is 1. The number of rotatable bonds is 3. The average molecular weight is 303 g/mol. The van der Waals surface area contributed by atoms with Crippen LogP contribution in [0.4, 0.5) is 8.78 Å². The van der Waals surface area contributed by atoms with Crippen LogP contribution >= 0.6 is 22.9 Å². The SMILES string of the molecule is CC(NC(=O)c1csc(Cl)n1)c1ccc(F)c(F)c1. The normalized spacial score (nSPS) is 12.2. The summed E-state index contributed by atoms with van der Waals surface area (Å²) >= 11 is 6.78. The van der Waals surface area contributed by atoms with Crippen LogP contribution in [0.15, 0.2) is 23.6 Å². The molecule has 0 spiro atoms. The van der Waals surface area contributed by atoms with Gasteiger partial charge in [-0.1, -0.05) is 17.7 Å². The summed E-state index contributed by atoms with van der Waals surface area (Å²) in [5, 5.41) is 4.15. The van der Waals surface area contributed by atoms with Gasteiger partial charge in [-0.25, -0.2) is 13.8 Å². The molecular weight excluding hydrogens is 294 g/mol. The average Bonchev–Trinajstić information content (AvgIpc) is 2.79. The maximum atomic E-state index is 13.1. The molecular formula is C12H9ClF2N2OS. The Labute approximate surface area is 117 Å².